The standard InChI is InChI=1S/C11H18/c1-2-7-6-11(7)10-4-8-3-9(8)5-10/h7-11H,2-6H2,1H3. The second kappa shape index (κ2) is 2.02. The Morgan fingerprint density at radius 3 is 2.09 bits per heavy atom. The first-order chi connectivity index (χ1) is 5.38. The maximum absolute atomic E-state index is 2.36. The predicted octanol–water partition coefficient (Wildman–Crippen LogP) is 3.08. The molecule has 0 aromatic carbocycles. The fourth-order valence-corrected chi connectivity index (χ4v) is 3.43. The summed E-state index contributed by atoms with van der Waals surface area (Å²) in [7, 11) is 0. The van der Waals surface area contributed by atoms with Crippen molar-refractivity contribution < 1.29 is 0 Å². The molecule has 0 amide bonds. The van der Waals surface area contributed by atoms with Crippen LogP contribution >= 0.6 is 0 Å². The molecule has 0 heteroatoms. The highest BCUT2D eigenvalue weighted by atomic mass is 14.6. The van der Waals surface area contributed by atoms with Gasteiger partial charge in [-0.15, -0.1) is 0 Å². The SMILES string of the molecule is CCC1CC1C1CC2CC2C1. The summed E-state index contributed by atoms with van der Waals surface area (Å²) in [6.45, 7) is 2.36. The lowest BCUT2D eigenvalue weighted by Gasteiger charge is -2.09. The van der Waals surface area contributed by atoms with Crippen LogP contribution in [-0.4, -0.2) is 0 Å². The molecule has 0 radical (unpaired) electrons. The Hall–Kier alpha value is 0. The molecule has 62 valence electrons. The predicted molar refractivity (Wildman–Crippen MR) is 46.2 cm³/mol. The van der Waals surface area contributed by atoms with Crippen molar-refractivity contribution in [2.24, 2.45) is 29.6 Å². The summed E-state index contributed by atoms with van der Waals surface area (Å²) >= 11 is 0. The molecule has 0 spiro atoms. The second-order valence-electron chi connectivity index (χ2n) is 5.06. The third-order valence-electron chi connectivity index (χ3n) is 4.39. The average molecular weight is 150 g/mol. The Bertz CT molecular complexity index is 163. The summed E-state index contributed by atoms with van der Waals surface area (Å²) in [5.41, 5.74) is 0. The van der Waals surface area contributed by atoms with E-state index in [4.69, 9.17) is 0 Å². The van der Waals surface area contributed by atoms with Crippen LogP contribution in [0.1, 0.15) is 39.0 Å². The average Bonchev–Trinajstić information content (AvgIpc) is 2.91. The zero-order valence-electron chi connectivity index (χ0n) is 7.42. The van der Waals surface area contributed by atoms with Gasteiger partial charge in [0, 0.05) is 0 Å². The van der Waals surface area contributed by atoms with E-state index in [9.17, 15) is 0 Å². The van der Waals surface area contributed by atoms with Crippen molar-refractivity contribution in [1.29, 1.82) is 0 Å². The molecule has 3 saturated carbocycles. The smallest absolute Gasteiger partial charge is 0.0354 e. The summed E-state index contributed by atoms with van der Waals surface area (Å²) < 4.78 is 0. The van der Waals surface area contributed by atoms with E-state index in [0.717, 1.165) is 5.92 Å². The minimum atomic E-state index is 1.15. The van der Waals surface area contributed by atoms with Gasteiger partial charge in [-0.1, -0.05) is 13.3 Å². The monoisotopic (exact) mass is 150 g/mol. The van der Waals surface area contributed by atoms with E-state index in [1.54, 1.807) is 25.7 Å². The van der Waals surface area contributed by atoms with Crippen LogP contribution in [0.4, 0.5) is 0 Å². The lowest BCUT2D eigenvalue weighted by Crippen LogP contribution is -2.00. The van der Waals surface area contributed by atoms with Gasteiger partial charge in [0.25, 0.3) is 0 Å². The van der Waals surface area contributed by atoms with Gasteiger partial charge in [-0.25, -0.2) is 0 Å². The molecule has 4 unspecified atom stereocenters. The Morgan fingerprint density at radius 1 is 0.909 bits per heavy atom. The zero-order chi connectivity index (χ0) is 7.42. The Morgan fingerprint density at radius 2 is 1.55 bits per heavy atom. The van der Waals surface area contributed by atoms with Gasteiger partial charge in [0.1, 0.15) is 0 Å². The molecule has 0 N–H and O–H groups in total. The third kappa shape index (κ3) is 0.947. The van der Waals surface area contributed by atoms with Gasteiger partial charge in [0.05, 0.1) is 0 Å². The van der Waals surface area contributed by atoms with Crippen LogP contribution in [0.3, 0.4) is 0 Å². The van der Waals surface area contributed by atoms with Gasteiger partial charge in [-0.3, -0.25) is 0 Å². The van der Waals surface area contributed by atoms with Gasteiger partial charge in [0.2, 0.25) is 0 Å². The van der Waals surface area contributed by atoms with Crippen LogP contribution < -0.4 is 0 Å². The summed E-state index contributed by atoms with van der Waals surface area (Å²) in [4.78, 5) is 0. The third-order valence-corrected chi connectivity index (χ3v) is 4.39. The van der Waals surface area contributed by atoms with Crippen LogP contribution in [0, 0.1) is 29.6 Å². The normalized spacial score (nSPS) is 59.2. The summed E-state index contributed by atoms with van der Waals surface area (Å²) in [6, 6.07) is 0. The van der Waals surface area contributed by atoms with E-state index in [1.165, 1.54) is 30.1 Å². The molecule has 0 saturated heterocycles. The first-order valence-electron chi connectivity index (χ1n) is 5.38. The summed E-state index contributed by atoms with van der Waals surface area (Å²) in [5.74, 6) is 5.94. The first-order valence-corrected chi connectivity index (χ1v) is 5.38. The van der Waals surface area contributed by atoms with E-state index < -0.39 is 0 Å². The molecule has 0 heterocycles. The van der Waals surface area contributed by atoms with Crippen molar-refractivity contribution in [2.75, 3.05) is 0 Å². The van der Waals surface area contributed by atoms with Gasteiger partial charge >= 0.3 is 0 Å². The van der Waals surface area contributed by atoms with E-state index in [0.29, 0.717) is 0 Å². The van der Waals surface area contributed by atoms with E-state index >= 15 is 0 Å². The number of hydrogen-bond acceptors (Lipinski definition) is 0. The van der Waals surface area contributed by atoms with Crippen molar-refractivity contribution in [2.45, 2.75) is 39.0 Å². The van der Waals surface area contributed by atoms with Gasteiger partial charge in [-0.05, 0) is 55.3 Å². The topological polar surface area (TPSA) is 0 Å². The molecule has 3 aliphatic rings. The Kier molecular flexibility index (Phi) is 1.20. The van der Waals surface area contributed by atoms with Gasteiger partial charge in [0.15, 0.2) is 0 Å². The van der Waals surface area contributed by atoms with E-state index in [2.05, 4.69) is 6.92 Å². The molecular weight excluding hydrogens is 132 g/mol. The zero-order valence-corrected chi connectivity index (χ0v) is 7.42. The van der Waals surface area contributed by atoms with Crippen molar-refractivity contribution in [3.8, 4) is 0 Å². The highest BCUT2D eigenvalue weighted by Gasteiger charge is 2.52. The van der Waals surface area contributed by atoms with E-state index in [-0.39, 0.29) is 0 Å². The highest BCUT2D eigenvalue weighted by Crippen LogP contribution is 2.61. The Labute approximate surface area is 69.4 Å². The Balaban J connectivity index is 1.58. The largest absolute Gasteiger partial charge is 0.0651 e. The van der Waals surface area contributed by atoms with Crippen LogP contribution in [-0.2, 0) is 0 Å². The van der Waals surface area contributed by atoms with Crippen LogP contribution in [0.15, 0.2) is 0 Å². The number of hydrogen-bond donors (Lipinski definition) is 0. The maximum Gasteiger partial charge on any atom is -0.0354 e. The lowest BCUT2D eigenvalue weighted by molar-refractivity contribution is 0.405. The number of fused-ring (bicyclic) bond motifs is 1. The minimum absolute atomic E-state index is 1.15. The maximum atomic E-state index is 2.36. The van der Waals surface area contributed by atoms with Gasteiger partial charge in [-0.2, -0.15) is 0 Å². The molecule has 0 bridgehead atoms. The first kappa shape index (κ1) is 6.51. The molecule has 0 aromatic heterocycles. The van der Waals surface area contributed by atoms with Crippen molar-refractivity contribution in [1.82, 2.24) is 0 Å². The molecule has 0 aromatic rings. The van der Waals surface area contributed by atoms with Crippen LogP contribution in [0.2, 0.25) is 0 Å². The fraction of sp³-hybridized carbons (Fsp3) is 1.00. The van der Waals surface area contributed by atoms with Crippen LogP contribution in [0.25, 0.3) is 0 Å². The molecule has 4 atom stereocenters. The molecule has 3 fully saturated rings. The van der Waals surface area contributed by atoms with Crippen molar-refractivity contribution in [3.63, 3.8) is 0 Å². The quantitative estimate of drug-likeness (QED) is 0.567. The number of rotatable bonds is 2. The summed E-state index contributed by atoms with van der Waals surface area (Å²) in [5, 5.41) is 0. The van der Waals surface area contributed by atoms with E-state index in [1.807, 2.05) is 0 Å². The molecule has 0 nitrogen and oxygen atoms in total. The summed E-state index contributed by atoms with van der Waals surface area (Å²) in [6.07, 6.45) is 7.87. The molecule has 3 aliphatic carbocycles. The minimum Gasteiger partial charge on any atom is -0.0651 e. The molecule has 11 heavy (non-hydrogen) atoms. The second-order valence-corrected chi connectivity index (χ2v) is 5.06. The molecule has 0 aliphatic heterocycles. The van der Waals surface area contributed by atoms with Crippen LogP contribution in [0.5, 0.6) is 0 Å². The lowest BCUT2D eigenvalue weighted by atomic mass is 9.96. The fourth-order valence-electron chi connectivity index (χ4n) is 3.43. The molecular formula is C11H18. The van der Waals surface area contributed by atoms with Gasteiger partial charge < -0.3 is 0 Å². The van der Waals surface area contributed by atoms with Crippen molar-refractivity contribution in [3.05, 3.63) is 0 Å². The highest BCUT2D eigenvalue weighted by molar-refractivity contribution is 5.02. The molecule has 3 rings (SSSR count). The van der Waals surface area contributed by atoms with Crippen molar-refractivity contribution >= 4 is 0 Å².